The van der Waals surface area contributed by atoms with E-state index in [0.717, 1.165) is 34.5 Å². The molecule has 0 N–H and O–H groups in total. The van der Waals surface area contributed by atoms with Crippen LogP contribution in [-0.2, 0) is 0 Å². The lowest BCUT2D eigenvalue weighted by Gasteiger charge is -2.11. The number of hydrogen-bond acceptors (Lipinski definition) is 1. The molecular formula is C29H30N2. The maximum Gasteiger partial charge on any atom is 0.145 e. The molecule has 1 heterocycles. The molecular weight excluding hydrogens is 376 g/mol. The Hall–Kier alpha value is -3.65. The predicted molar refractivity (Wildman–Crippen MR) is 135 cm³/mol. The van der Waals surface area contributed by atoms with Gasteiger partial charge >= 0.3 is 0 Å². The van der Waals surface area contributed by atoms with Crippen molar-refractivity contribution in [1.29, 1.82) is 0 Å². The molecule has 2 nitrogen and oxygen atoms in total. The van der Waals surface area contributed by atoms with Gasteiger partial charge in [0.05, 0.1) is 11.0 Å². The molecule has 2 heteroatoms. The second-order valence-corrected chi connectivity index (χ2v) is 6.96. The molecule has 156 valence electrons. The first-order chi connectivity index (χ1) is 15.3. The molecule has 31 heavy (non-hydrogen) atoms. The van der Waals surface area contributed by atoms with Gasteiger partial charge in [0.15, 0.2) is 0 Å². The monoisotopic (exact) mass is 406 g/mol. The standard InChI is InChI=1S/C27H24N2.C2H6/c1-3-4-5-7-12-21(2)22-17-19-24(20-18-22)29-26-16-11-10-15-25(26)28-27(29)23-13-8-6-9-14-23;1-2/h3-6,8-20H,1,7H2,2H3;1-2H3/b5-4+,21-12+;. The van der Waals surface area contributed by atoms with Crippen molar-refractivity contribution >= 4 is 16.6 Å². The third-order valence-corrected chi connectivity index (χ3v) is 5.01. The molecule has 0 unspecified atom stereocenters. The fraction of sp³-hybridized carbons (Fsp3) is 0.138. The first-order valence-electron chi connectivity index (χ1n) is 10.9. The number of allylic oxidation sites excluding steroid dienone is 5. The van der Waals surface area contributed by atoms with Crippen molar-refractivity contribution in [1.82, 2.24) is 9.55 Å². The first kappa shape index (κ1) is 22.0. The van der Waals surface area contributed by atoms with Crippen LogP contribution in [0.1, 0.15) is 32.8 Å². The van der Waals surface area contributed by atoms with E-state index in [-0.39, 0.29) is 0 Å². The zero-order valence-corrected chi connectivity index (χ0v) is 18.6. The highest BCUT2D eigenvalue weighted by Crippen LogP contribution is 2.29. The quantitative estimate of drug-likeness (QED) is 0.295. The van der Waals surface area contributed by atoms with Gasteiger partial charge in [-0.2, -0.15) is 0 Å². The number of rotatable bonds is 6. The number of nitrogens with zero attached hydrogens (tertiary/aromatic N) is 2. The molecule has 0 amide bonds. The van der Waals surface area contributed by atoms with Gasteiger partial charge in [0.2, 0.25) is 0 Å². The highest BCUT2D eigenvalue weighted by molar-refractivity contribution is 5.83. The normalized spacial score (nSPS) is 11.4. The number of aromatic nitrogens is 2. The Morgan fingerprint density at radius 3 is 2.29 bits per heavy atom. The van der Waals surface area contributed by atoms with Crippen molar-refractivity contribution in [2.24, 2.45) is 0 Å². The Balaban J connectivity index is 0.00000132. The van der Waals surface area contributed by atoms with Crippen LogP contribution in [0.25, 0.3) is 33.7 Å². The Morgan fingerprint density at radius 2 is 1.58 bits per heavy atom. The molecule has 0 atom stereocenters. The molecule has 0 saturated heterocycles. The maximum absolute atomic E-state index is 4.91. The van der Waals surface area contributed by atoms with Gasteiger partial charge in [-0.3, -0.25) is 4.57 Å². The minimum Gasteiger partial charge on any atom is -0.292 e. The summed E-state index contributed by atoms with van der Waals surface area (Å²) in [6, 6.07) is 27.4. The molecule has 0 bridgehead atoms. The second-order valence-electron chi connectivity index (χ2n) is 6.96. The molecule has 0 radical (unpaired) electrons. The topological polar surface area (TPSA) is 17.8 Å². The van der Waals surface area contributed by atoms with Crippen molar-refractivity contribution in [3.8, 4) is 17.1 Å². The van der Waals surface area contributed by atoms with Crippen molar-refractivity contribution < 1.29 is 0 Å². The van der Waals surface area contributed by atoms with E-state index in [4.69, 9.17) is 4.98 Å². The van der Waals surface area contributed by atoms with E-state index < -0.39 is 0 Å². The van der Waals surface area contributed by atoms with Crippen molar-refractivity contribution in [3.05, 3.63) is 115 Å². The molecule has 4 rings (SSSR count). The van der Waals surface area contributed by atoms with Crippen LogP contribution in [0.3, 0.4) is 0 Å². The van der Waals surface area contributed by atoms with Gasteiger partial charge in [-0.1, -0.05) is 99.3 Å². The van der Waals surface area contributed by atoms with Crippen LogP contribution < -0.4 is 0 Å². The lowest BCUT2D eigenvalue weighted by Crippen LogP contribution is -1.97. The summed E-state index contributed by atoms with van der Waals surface area (Å²) in [5.74, 6) is 0.960. The largest absolute Gasteiger partial charge is 0.292 e. The lowest BCUT2D eigenvalue weighted by molar-refractivity contribution is 1.10. The van der Waals surface area contributed by atoms with Crippen LogP contribution in [0, 0.1) is 0 Å². The molecule has 0 aliphatic rings. The number of imidazole rings is 1. The second kappa shape index (κ2) is 10.9. The average molecular weight is 407 g/mol. The fourth-order valence-electron chi connectivity index (χ4n) is 3.48. The van der Waals surface area contributed by atoms with Gasteiger partial charge in [0.25, 0.3) is 0 Å². The van der Waals surface area contributed by atoms with E-state index in [1.807, 2.05) is 32.1 Å². The molecule has 0 spiro atoms. The van der Waals surface area contributed by atoms with E-state index in [1.165, 1.54) is 11.1 Å². The summed E-state index contributed by atoms with van der Waals surface area (Å²) >= 11 is 0. The van der Waals surface area contributed by atoms with E-state index >= 15 is 0 Å². The smallest absolute Gasteiger partial charge is 0.145 e. The summed E-state index contributed by atoms with van der Waals surface area (Å²) < 4.78 is 2.24. The van der Waals surface area contributed by atoms with Crippen molar-refractivity contribution in [3.63, 3.8) is 0 Å². The highest BCUT2D eigenvalue weighted by Gasteiger charge is 2.13. The van der Waals surface area contributed by atoms with Gasteiger partial charge in [-0.15, -0.1) is 0 Å². The maximum atomic E-state index is 4.91. The number of hydrogen-bond donors (Lipinski definition) is 0. The summed E-state index contributed by atoms with van der Waals surface area (Å²) in [6.45, 7) is 9.86. The fourth-order valence-corrected chi connectivity index (χ4v) is 3.48. The first-order valence-corrected chi connectivity index (χ1v) is 10.9. The van der Waals surface area contributed by atoms with Crippen LogP contribution in [0.4, 0.5) is 0 Å². The Labute approximate surface area is 185 Å². The molecule has 0 aliphatic heterocycles. The Bertz CT molecular complexity index is 1180. The van der Waals surface area contributed by atoms with E-state index in [0.29, 0.717) is 0 Å². The third kappa shape index (κ3) is 5.10. The van der Waals surface area contributed by atoms with Gasteiger partial charge in [0.1, 0.15) is 5.82 Å². The minimum atomic E-state index is 0.907. The van der Waals surface area contributed by atoms with E-state index in [9.17, 15) is 0 Å². The van der Waals surface area contributed by atoms with E-state index in [2.05, 4.69) is 97.0 Å². The van der Waals surface area contributed by atoms with Crippen LogP contribution >= 0.6 is 0 Å². The zero-order valence-electron chi connectivity index (χ0n) is 18.6. The molecule has 0 saturated carbocycles. The molecule has 1 aromatic heterocycles. The highest BCUT2D eigenvalue weighted by atomic mass is 15.1. The molecule has 0 aliphatic carbocycles. The Kier molecular flexibility index (Phi) is 7.78. The van der Waals surface area contributed by atoms with Crippen LogP contribution in [0.2, 0.25) is 0 Å². The minimum absolute atomic E-state index is 0.907. The average Bonchev–Trinajstić information content (AvgIpc) is 3.23. The molecule has 3 aromatic carbocycles. The van der Waals surface area contributed by atoms with Crippen molar-refractivity contribution in [2.75, 3.05) is 0 Å². The summed E-state index contributed by atoms with van der Waals surface area (Å²) in [4.78, 5) is 4.91. The number of para-hydroxylation sites is 2. The predicted octanol–water partition coefficient (Wildman–Crippen LogP) is 8.25. The van der Waals surface area contributed by atoms with Gasteiger partial charge in [-0.25, -0.2) is 4.98 Å². The molecule has 4 aromatic rings. The number of benzene rings is 3. The number of fused-ring (bicyclic) bond motifs is 1. The van der Waals surface area contributed by atoms with Crippen LogP contribution in [0.5, 0.6) is 0 Å². The summed E-state index contributed by atoms with van der Waals surface area (Å²) in [5, 5.41) is 0. The zero-order chi connectivity index (χ0) is 22.1. The van der Waals surface area contributed by atoms with Gasteiger partial charge in [0, 0.05) is 11.3 Å². The van der Waals surface area contributed by atoms with Gasteiger partial charge < -0.3 is 0 Å². The van der Waals surface area contributed by atoms with Crippen molar-refractivity contribution in [2.45, 2.75) is 27.2 Å². The van der Waals surface area contributed by atoms with Crippen LogP contribution in [-0.4, -0.2) is 9.55 Å². The summed E-state index contributed by atoms with van der Waals surface area (Å²) in [6.07, 6.45) is 9.02. The third-order valence-electron chi connectivity index (χ3n) is 5.01. The van der Waals surface area contributed by atoms with E-state index in [1.54, 1.807) is 6.08 Å². The Morgan fingerprint density at radius 1 is 0.903 bits per heavy atom. The summed E-state index contributed by atoms with van der Waals surface area (Å²) in [5.41, 5.74) is 6.83. The molecule has 0 fully saturated rings. The SMILES string of the molecule is C=C/C=C/C/C=C(\C)c1ccc(-n2c(-c3ccccc3)nc3ccccc32)cc1.CC. The lowest BCUT2D eigenvalue weighted by atomic mass is 10.1. The summed E-state index contributed by atoms with van der Waals surface area (Å²) in [7, 11) is 0. The van der Waals surface area contributed by atoms with Gasteiger partial charge in [-0.05, 0) is 48.7 Å². The van der Waals surface area contributed by atoms with Crippen LogP contribution in [0.15, 0.2) is 110 Å².